The van der Waals surface area contributed by atoms with E-state index in [1.807, 2.05) is 24.3 Å². The molecule has 27 heavy (non-hydrogen) atoms. The van der Waals surface area contributed by atoms with E-state index in [4.69, 9.17) is 18.9 Å². The van der Waals surface area contributed by atoms with Crippen molar-refractivity contribution in [2.75, 3.05) is 38.3 Å². The molecule has 6 nitrogen and oxygen atoms in total. The first-order valence-corrected chi connectivity index (χ1v) is 12.1. The second kappa shape index (κ2) is 14.2. The lowest BCUT2D eigenvalue weighted by Crippen LogP contribution is -2.03. The molecule has 0 saturated carbocycles. The summed E-state index contributed by atoms with van der Waals surface area (Å²) < 4.78 is 28.6. The lowest BCUT2D eigenvalue weighted by atomic mass is 10.1. The van der Waals surface area contributed by atoms with Crippen molar-refractivity contribution in [1.29, 1.82) is 0 Å². The van der Waals surface area contributed by atoms with E-state index in [-0.39, 0.29) is 11.9 Å². The highest BCUT2D eigenvalue weighted by atomic mass is 32.2. The summed E-state index contributed by atoms with van der Waals surface area (Å²) in [6, 6.07) is 7.67. The molecule has 0 amide bonds. The molecule has 0 fully saturated rings. The zero-order valence-corrected chi connectivity index (χ0v) is 17.9. The third kappa shape index (κ3) is 9.77. The van der Waals surface area contributed by atoms with E-state index >= 15 is 0 Å². The third-order valence-electron chi connectivity index (χ3n) is 3.68. The molecule has 1 N–H and O–H groups in total. The Morgan fingerprint density at radius 2 is 1.81 bits per heavy atom. The summed E-state index contributed by atoms with van der Waals surface area (Å²) in [5.74, 6) is 1.51. The van der Waals surface area contributed by atoms with Crippen LogP contribution in [0.25, 0.3) is 0 Å². The van der Waals surface area contributed by atoms with Gasteiger partial charge in [0.1, 0.15) is 12.0 Å². The fraction of sp³-hybridized carbons (Fsp3) is 0.632. The van der Waals surface area contributed by atoms with Crippen LogP contribution in [0.5, 0.6) is 5.75 Å². The monoisotopic (exact) mass is 418 g/mol. The van der Waals surface area contributed by atoms with Crippen molar-refractivity contribution >= 4 is 25.6 Å². The van der Waals surface area contributed by atoms with Gasteiger partial charge in [0.15, 0.2) is 0 Å². The number of rotatable bonds is 16. The molecule has 0 aliphatic rings. The summed E-state index contributed by atoms with van der Waals surface area (Å²) in [7, 11) is -3.00. The number of aldehydes is 1. The predicted octanol–water partition coefficient (Wildman–Crippen LogP) is 4.47. The van der Waals surface area contributed by atoms with Crippen LogP contribution in [0.1, 0.15) is 43.9 Å². The van der Waals surface area contributed by atoms with Crippen molar-refractivity contribution in [3.63, 3.8) is 0 Å². The summed E-state index contributed by atoms with van der Waals surface area (Å²) in [4.78, 5) is 11.0. The third-order valence-corrected chi connectivity index (χ3v) is 7.24. The molecule has 1 aromatic carbocycles. The topological polar surface area (TPSA) is 82.1 Å². The van der Waals surface area contributed by atoms with Gasteiger partial charge in [0, 0.05) is 24.7 Å². The second-order valence-corrected chi connectivity index (χ2v) is 9.28. The predicted molar refractivity (Wildman–Crippen MR) is 110 cm³/mol. The largest absolute Gasteiger partial charge is 0.494 e. The molecule has 1 atom stereocenters. The van der Waals surface area contributed by atoms with Crippen LogP contribution < -0.4 is 4.74 Å². The maximum absolute atomic E-state index is 12.5. The highest BCUT2D eigenvalue weighted by Gasteiger charge is 2.23. The number of aliphatic hydroxyl groups excluding tert-OH is 1. The smallest absolute Gasteiger partial charge is 0.330 e. The lowest BCUT2D eigenvalue weighted by molar-refractivity contribution is -0.107. The summed E-state index contributed by atoms with van der Waals surface area (Å²) in [6.07, 6.45) is 3.02. The van der Waals surface area contributed by atoms with Crippen molar-refractivity contribution in [2.45, 2.75) is 38.4 Å². The summed E-state index contributed by atoms with van der Waals surface area (Å²) in [5, 5.41) is 8.83. The van der Waals surface area contributed by atoms with Crippen LogP contribution in [0.4, 0.5) is 0 Å². The second-order valence-electron chi connectivity index (χ2n) is 5.78. The van der Waals surface area contributed by atoms with Gasteiger partial charge in [-0.1, -0.05) is 12.1 Å². The lowest BCUT2D eigenvalue weighted by Gasteiger charge is -2.18. The Morgan fingerprint density at radius 1 is 1.15 bits per heavy atom. The van der Waals surface area contributed by atoms with Crippen LogP contribution in [-0.4, -0.2) is 49.7 Å². The quantitative estimate of drug-likeness (QED) is 0.241. The van der Waals surface area contributed by atoms with Gasteiger partial charge in [0.2, 0.25) is 0 Å². The molecule has 0 spiro atoms. The molecule has 1 rings (SSSR count). The molecule has 0 radical (unpaired) electrons. The first-order valence-electron chi connectivity index (χ1n) is 9.35. The fourth-order valence-corrected chi connectivity index (χ4v) is 5.50. The van der Waals surface area contributed by atoms with E-state index in [0.29, 0.717) is 45.2 Å². The SMILES string of the molecule is CCOP(=O)(CCCSC(CC=O)c1ccc(OCCCO)cc1)OCC. The molecule has 0 aliphatic carbocycles. The first-order chi connectivity index (χ1) is 13.1. The minimum absolute atomic E-state index is 0.0487. The molecule has 0 saturated heterocycles. The van der Waals surface area contributed by atoms with Crippen LogP contribution in [0.2, 0.25) is 0 Å². The first kappa shape index (κ1) is 24.2. The van der Waals surface area contributed by atoms with Gasteiger partial charge in [-0.15, -0.1) is 0 Å². The number of carbonyl (C=O) groups is 1. The summed E-state index contributed by atoms with van der Waals surface area (Å²) in [6.45, 7) is 4.92. The van der Waals surface area contributed by atoms with Crippen molar-refractivity contribution in [3.8, 4) is 5.75 Å². The maximum atomic E-state index is 12.5. The molecular formula is C19H31O6PS. The normalized spacial score (nSPS) is 12.7. The zero-order valence-electron chi connectivity index (χ0n) is 16.2. The van der Waals surface area contributed by atoms with Gasteiger partial charge >= 0.3 is 7.60 Å². The van der Waals surface area contributed by atoms with Crippen molar-refractivity contribution in [2.24, 2.45) is 0 Å². The van der Waals surface area contributed by atoms with Gasteiger partial charge < -0.3 is 23.7 Å². The molecule has 0 heterocycles. The average Bonchev–Trinajstić information content (AvgIpc) is 2.65. The Labute approximate surface area is 166 Å². The Kier molecular flexibility index (Phi) is 12.7. The molecule has 1 unspecified atom stereocenters. The van der Waals surface area contributed by atoms with Crippen LogP contribution >= 0.6 is 19.4 Å². The molecule has 0 aliphatic heterocycles. The van der Waals surface area contributed by atoms with E-state index < -0.39 is 7.60 Å². The van der Waals surface area contributed by atoms with Gasteiger partial charge in [0.05, 0.1) is 26.0 Å². The van der Waals surface area contributed by atoms with Crippen molar-refractivity contribution < 1.29 is 28.3 Å². The van der Waals surface area contributed by atoms with E-state index in [1.54, 1.807) is 25.6 Å². The molecule has 0 bridgehead atoms. The summed E-state index contributed by atoms with van der Waals surface area (Å²) in [5.41, 5.74) is 1.06. The van der Waals surface area contributed by atoms with E-state index in [9.17, 15) is 9.36 Å². The number of aliphatic hydroxyl groups is 1. The van der Waals surface area contributed by atoms with Crippen LogP contribution in [0.15, 0.2) is 24.3 Å². The Balaban J connectivity index is 2.53. The minimum atomic E-state index is -3.00. The highest BCUT2D eigenvalue weighted by Crippen LogP contribution is 2.49. The van der Waals surface area contributed by atoms with E-state index in [2.05, 4.69) is 0 Å². The number of carbonyl (C=O) groups excluding carboxylic acids is 1. The number of hydrogen-bond acceptors (Lipinski definition) is 7. The van der Waals surface area contributed by atoms with Crippen molar-refractivity contribution in [1.82, 2.24) is 0 Å². The Bertz CT molecular complexity index is 556. The summed E-state index contributed by atoms with van der Waals surface area (Å²) >= 11 is 1.67. The van der Waals surface area contributed by atoms with Gasteiger partial charge in [-0.2, -0.15) is 11.8 Å². The standard InChI is InChI=1S/C19H31O6PS/c1-3-24-26(22,25-4-2)15-6-16-27-19(11-13-21)17-7-9-18(10-8-17)23-14-5-12-20/h7-10,13,19-20H,3-6,11-12,14-16H2,1-2H3. The molecular weight excluding hydrogens is 387 g/mol. The molecule has 0 aromatic heterocycles. The fourth-order valence-electron chi connectivity index (χ4n) is 2.46. The highest BCUT2D eigenvalue weighted by molar-refractivity contribution is 7.99. The number of thioether (sulfide) groups is 1. The van der Waals surface area contributed by atoms with Crippen LogP contribution in [-0.2, 0) is 18.4 Å². The van der Waals surface area contributed by atoms with Crippen LogP contribution in [0, 0.1) is 0 Å². The number of hydrogen-bond donors (Lipinski definition) is 1. The number of benzene rings is 1. The van der Waals surface area contributed by atoms with E-state index in [0.717, 1.165) is 23.4 Å². The zero-order chi connectivity index (χ0) is 20.0. The van der Waals surface area contributed by atoms with Gasteiger partial charge in [-0.05, 0) is 43.7 Å². The maximum Gasteiger partial charge on any atom is 0.330 e. The van der Waals surface area contributed by atoms with Gasteiger partial charge in [-0.3, -0.25) is 4.57 Å². The van der Waals surface area contributed by atoms with Crippen LogP contribution in [0.3, 0.4) is 0 Å². The molecule has 154 valence electrons. The van der Waals surface area contributed by atoms with Gasteiger partial charge in [0.25, 0.3) is 0 Å². The minimum Gasteiger partial charge on any atom is -0.494 e. The molecule has 8 heteroatoms. The Hall–Kier alpha value is -0.850. The average molecular weight is 418 g/mol. The van der Waals surface area contributed by atoms with Crippen molar-refractivity contribution in [3.05, 3.63) is 29.8 Å². The molecule has 1 aromatic rings. The Morgan fingerprint density at radius 3 is 2.37 bits per heavy atom. The number of ether oxygens (including phenoxy) is 1. The van der Waals surface area contributed by atoms with Gasteiger partial charge in [-0.25, -0.2) is 0 Å². The van der Waals surface area contributed by atoms with E-state index in [1.165, 1.54) is 0 Å².